The fourth-order valence-corrected chi connectivity index (χ4v) is 3.25. The summed E-state index contributed by atoms with van der Waals surface area (Å²) >= 11 is 5.26. The first-order valence-corrected chi connectivity index (χ1v) is 7.26. The number of nitrogens with zero attached hydrogens (tertiary/aromatic N) is 3. The van der Waals surface area contributed by atoms with Crippen LogP contribution in [0.15, 0.2) is 30.3 Å². The minimum Gasteiger partial charge on any atom is -0.368 e. The van der Waals surface area contributed by atoms with E-state index in [-0.39, 0.29) is 0 Å². The number of hydrogen-bond acceptors (Lipinski definition) is 4. The number of rotatable bonds is 3. The van der Waals surface area contributed by atoms with Crippen molar-refractivity contribution in [1.82, 2.24) is 19.7 Å². The topological polar surface area (TPSA) is 62.9 Å². The van der Waals surface area contributed by atoms with Gasteiger partial charge in [-0.2, -0.15) is 0 Å². The van der Waals surface area contributed by atoms with Crippen molar-refractivity contribution in [2.75, 3.05) is 12.3 Å². The van der Waals surface area contributed by atoms with Gasteiger partial charge in [0, 0.05) is 19.1 Å². The molecule has 6 heteroatoms. The standard InChI is InChI=1S/C14H19N5S/c1-10-7-12(19-13(15)16-17-14(19)20)9-18(10)8-11-5-3-2-4-6-11/h2-6,10,12H,7-9H2,1H3,(H2,15,16)(H,17,20). The van der Waals surface area contributed by atoms with Crippen molar-refractivity contribution in [3.8, 4) is 0 Å². The maximum Gasteiger partial charge on any atom is 0.220 e. The second-order valence-corrected chi connectivity index (χ2v) is 5.80. The average Bonchev–Trinajstić information content (AvgIpc) is 2.95. The van der Waals surface area contributed by atoms with Crippen LogP contribution in [0.25, 0.3) is 0 Å². The van der Waals surface area contributed by atoms with Gasteiger partial charge in [-0.15, -0.1) is 5.10 Å². The summed E-state index contributed by atoms with van der Waals surface area (Å²) in [5.74, 6) is 0.480. The molecule has 1 aliphatic heterocycles. The highest BCUT2D eigenvalue weighted by atomic mass is 32.1. The molecule has 1 saturated heterocycles. The van der Waals surface area contributed by atoms with E-state index >= 15 is 0 Å². The van der Waals surface area contributed by atoms with Gasteiger partial charge in [0.05, 0.1) is 6.04 Å². The van der Waals surface area contributed by atoms with Crippen LogP contribution in [-0.2, 0) is 6.54 Å². The van der Waals surface area contributed by atoms with Crippen LogP contribution in [0, 0.1) is 4.77 Å². The lowest BCUT2D eigenvalue weighted by Crippen LogP contribution is -2.26. The highest BCUT2D eigenvalue weighted by Crippen LogP contribution is 2.29. The maximum atomic E-state index is 5.90. The van der Waals surface area contributed by atoms with Gasteiger partial charge in [-0.3, -0.25) is 9.47 Å². The molecule has 106 valence electrons. The molecule has 5 nitrogen and oxygen atoms in total. The van der Waals surface area contributed by atoms with Crippen molar-refractivity contribution in [3.05, 3.63) is 40.7 Å². The van der Waals surface area contributed by atoms with Gasteiger partial charge in [-0.25, -0.2) is 5.10 Å². The molecule has 1 aromatic heterocycles. The van der Waals surface area contributed by atoms with E-state index in [1.807, 2.05) is 10.6 Å². The third kappa shape index (κ3) is 2.48. The van der Waals surface area contributed by atoms with E-state index in [1.165, 1.54) is 5.56 Å². The van der Waals surface area contributed by atoms with Crippen LogP contribution < -0.4 is 5.73 Å². The van der Waals surface area contributed by atoms with Crippen LogP contribution in [0.2, 0.25) is 0 Å². The number of hydrogen-bond donors (Lipinski definition) is 2. The first-order chi connectivity index (χ1) is 9.65. The first kappa shape index (κ1) is 13.3. The summed E-state index contributed by atoms with van der Waals surface area (Å²) in [7, 11) is 0. The number of benzene rings is 1. The lowest BCUT2D eigenvalue weighted by Gasteiger charge is -2.20. The highest BCUT2D eigenvalue weighted by molar-refractivity contribution is 7.71. The summed E-state index contributed by atoms with van der Waals surface area (Å²) in [6, 6.07) is 11.4. The number of aromatic amines is 1. The second kappa shape index (κ2) is 5.38. The molecule has 0 bridgehead atoms. The van der Waals surface area contributed by atoms with E-state index in [0.717, 1.165) is 19.5 Å². The Balaban J connectivity index is 1.76. The Bertz CT molecular complexity index is 633. The molecule has 1 aromatic carbocycles. The molecule has 1 fully saturated rings. The van der Waals surface area contributed by atoms with E-state index < -0.39 is 0 Å². The van der Waals surface area contributed by atoms with Crippen LogP contribution in [0.5, 0.6) is 0 Å². The number of likely N-dealkylation sites (tertiary alicyclic amines) is 1. The van der Waals surface area contributed by atoms with Crippen LogP contribution >= 0.6 is 12.2 Å². The van der Waals surface area contributed by atoms with Gasteiger partial charge in [0.15, 0.2) is 4.77 Å². The zero-order valence-corrected chi connectivity index (χ0v) is 12.3. The number of nitrogens with two attached hydrogens (primary N) is 1. The van der Waals surface area contributed by atoms with E-state index in [4.69, 9.17) is 18.0 Å². The van der Waals surface area contributed by atoms with Gasteiger partial charge < -0.3 is 5.73 Å². The Kier molecular flexibility index (Phi) is 3.58. The number of nitrogen functional groups attached to an aromatic ring is 1. The summed E-state index contributed by atoms with van der Waals surface area (Å²) in [4.78, 5) is 2.47. The van der Waals surface area contributed by atoms with Gasteiger partial charge in [-0.05, 0) is 31.1 Å². The van der Waals surface area contributed by atoms with Gasteiger partial charge in [0.25, 0.3) is 0 Å². The fraction of sp³-hybridized carbons (Fsp3) is 0.429. The Morgan fingerprint density at radius 3 is 2.80 bits per heavy atom. The zero-order chi connectivity index (χ0) is 14.1. The Morgan fingerprint density at radius 2 is 2.15 bits per heavy atom. The number of aromatic nitrogens is 3. The summed E-state index contributed by atoms with van der Waals surface area (Å²) < 4.78 is 2.55. The highest BCUT2D eigenvalue weighted by Gasteiger charge is 2.31. The van der Waals surface area contributed by atoms with E-state index in [2.05, 4.69) is 46.3 Å². The molecule has 0 aliphatic carbocycles. The number of H-pyrrole nitrogens is 1. The smallest absolute Gasteiger partial charge is 0.220 e. The summed E-state index contributed by atoms with van der Waals surface area (Å²) in [6.07, 6.45) is 1.05. The molecule has 0 spiro atoms. The molecule has 2 aromatic rings. The van der Waals surface area contributed by atoms with Crippen molar-refractivity contribution in [2.45, 2.75) is 32.0 Å². The van der Waals surface area contributed by atoms with Crippen molar-refractivity contribution in [2.24, 2.45) is 0 Å². The van der Waals surface area contributed by atoms with E-state index in [1.54, 1.807) is 0 Å². The summed E-state index contributed by atoms with van der Waals surface area (Å²) in [5, 5.41) is 6.77. The molecular formula is C14H19N5S. The molecule has 0 amide bonds. The Hall–Kier alpha value is -1.66. The van der Waals surface area contributed by atoms with E-state index in [0.29, 0.717) is 22.8 Å². The average molecular weight is 289 g/mol. The molecule has 3 N–H and O–H groups in total. The largest absolute Gasteiger partial charge is 0.368 e. The third-order valence-electron chi connectivity index (χ3n) is 4.01. The molecule has 2 unspecified atom stereocenters. The van der Waals surface area contributed by atoms with Gasteiger partial charge in [0.2, 0.25) is 5.95 Å². The van der Waals surface area contributed by atoms with Crippen molar-refractivity contribution in [1.29, 1.82) is 0 Å². The lowest BCUT2D eigenvalue weighted by molar-refractivity contribution is 0.255. The third-order valence-corrected chi connectivity index (χ3v) is 4.30. The number of anilines is 1. The predicted octanol–water partition coefficient (Wildman–Crippen LogP) is 2.36. The minimum absolute atomic E-state index is 0.306. The molecule has 1 aliphatic rings. The first-order valence-electron chi connectivity index (χ1n) is 6.85. The normalized spacial score (nSPS) is 23.2. The SMILES string of the molecule is CC1CC(n2c(N)n[nH]c2=S)CN1Cc1ccccc1. The molecule has 0 saturated carbocycles. The molecule has 20 heavy (non-hydrogen) atoms. The predicted molar refractivity (Wildman–Crippen MR) is 81.8 cm³/mol. The van der Waals surface area contributed by atoms with Crippen LogP contribution in [0.3, 0.4) is 0 Å². The minimum atomic E-state index is 0.306. The summed E-state index contributed by atoms with van der Waals surface area (Å²) in [5.41, 5.74) is 7.24. The number of nitrogens with one attached hydrogen (secondary N) is 1. The van der Waals surface area contributed by atoms with Crippen molar-refractivity contribution >= 4 is 18.2 Å². The molecular weight excluding hydrogens is 270 g/mol. The Morgan fingerprint density at radius 1 is 1.40 bits per heavy atom. The molecule has 2 atom stereocenters. The van der Waals surface area contributed by atoms with Gasteiger partial charge in [0.1, 0.15) is 0 Å². The summed E-state index contributed by atoms with van der Waals surface area (Å²) in [6.45, 7) is 4.17. The maximum absolute atomic E-state index is 5.90. The molecule has 2 heterocycles. The molecule has 3 rings (SSSR count). The zero-order valence-electron chi connectivity index (χ0n) is 11.5. The molecule has 0 radical (unpaired) electrons. The van der Waals surface area contributed by atoms with E-state index in [9.17, 15) is 0 Å². The van der Waals surface area contributed by atoms with Crippen LogP contribution in [-0.4, -0.2) is 32.3 Å². The monoisotopic (exact) mass is 289 g/mol. The van der Waals surface area contributed by atoms with Crippen LogP contribution in [0.1, 0.15) is 24.9 Å². The quantitative estimate of drug-likeness (QED) is 0.852. The van der Waals surface area contributed by atoms with Gasteiger partial charge in [-0.1, -0.05) is 30.3 Å². The van der Waals surface area contributed by atoms with Crippen molar-refractivity contribution in [3.63, 3.8) is 0 Å². The van der Waals surface area contributed by atoms with Crippen LogP contribution in [0.4, 0.5) is 5.95 Å². The van der Waals surface area contributed by atoms with Crippen molar-refractivity contribution < 1.29 is 0 Å². The Labute approximate surface area is 123 Å². The van der Waals surface area contributed by atoms with Gasteiger partial charge >= 0.3 is 0 Å². The fourth-order valence-electron chi connectivity index (χ4n) is 2.96. The second-order valence-electron chi connectivity index (χ2n) is 5.41. The lowest BCUT2D eigenvalue weighted by atomic mass is 10.2.